The zero-order chi connectivity index (χ0) is 22.8. The molecule has 2 aromatic rings. The quantitative estimate of drug-likeness (QED) is 0.708. The van der Waals surface area contributed by atoms with Crippen molar-refractivity contribution in [3.63, 3.8) is 0 Å². The standard InChI is InChI=1S/C30H31NO3/c32-16-30-22-7-3-1-5-20(22)24(21-6-2-4-8-23(21)30)25-26(30)28(34)31(27(25)33)15-29-12-17-9-18(13-29)11-19(10-17)14-29/h1-8,17-19,24-26,32H,9-16H2/t17?,18?,19?,24?,25-,26+,29?,30?/m0/s1. The number of hydrogen-bond donors (Lipinski definition) is 1. The van der Waals surface area contributed by atoms with Crippen molar-refractivity contribution in [3.8, 4) is 0 Å². The SMILES string of the molecule is O=C1[C@H]2C3c4ccccc4C(CO)(c4ccccc43)[C@H]2C(=O)N1CC12CC3CC(CC(C3)C1)C2. The third-order valence-corrected chi connectivity index (χ3v) is 10.8. The zero-order valence-electron chi connectivity index (χ0n) is 19.5. The number of aliphatic hydroxyl groups excluding tert-OH is 1. The second-order valence-corrected chi connectivity index (χ2v) is 12.5. The van der Waals surface area contributed by atoms with Gasteiger partial charge in [0.05, 0.1) is 23.9 Å². The number of rotatable bonds is 3. The average Bonchev–Trinajstić information content (AvgIpc) is 3.08. The van der Waals surface area contributed by atoms with Crippen LogP contribution in [0.15, 0.2) is 48.5 Å². The van der Waals surface area contributed by atoms with Crippen LogP contribution in [0.5, 0.6) is 0 Å². The molecule has 0 aromatic heterocycles. The van der Waals surface area contributed by atoms with Crippen molar-refractivity contribution >= 4 is 11.8 Å². The molecule has 0 radical (unpaired) electrons. The van der Waals surface area contributed by atoms with Crippen LogP contribution in [-0.2, 0) is 15.0 Å². The van der Waals surface area contributed by atoms with Crippen LogP contribution in [0, 0.1) is 35.0 Å². The Labute approximate surface area is 200 Å². The van der Waals surface area contributed by atoms with E-state index in [1.165, 1.54) is 38.5 Å². The van der Waals surface area contributed by atoms with E-state index in [-0.39, 0.29) is 29.8 Å². The molecule has 1 saturated heterocycles. The van der Waals surface area contributed by atoms with E-state index in [0.29, 0.717) is 6.54 Å². The second-order valence-electron chi connectivity index (χ2n) is 12.5. The molecule has 2 atom stereocenters. The highest BCUT2D eigenvalue weighted by atomic mass is 16.3. The number of nitrogens with zero attached hydrogens (tertiary/aromatic N) is 1. The number of aliphatic hydroxyl groups is 1. The summed E-state index contributed by atoms with van der Waals surface area (Å²) < 4.78 is 0. The summed E-state index contributed by atoms with van der Waals surface area (Å²) in [6.07, 6.45) is 7.60. The van der Waals surface area contributed by atoms with Crippen molar-refractivity contribution in [2.45, 2.75) is 49.9 Å². The summed E-state index contributed by atoms with van der Waals surface area (Å²) in [6.45, 7) is 0.446. The Kier molecular flexibility index (Phi) is 3.73. The van der Waals surface area contributed by atoms with E-state index in [0.717, 1.165) is 40.0 Å². The Hall–Kier alpha value is -2.46. The van der Waals surface area contributed by atoms with E-state index in [1.54, 1.807) is 4.90 Å². The van der Waals surface area contributed by atoms with Crippen molar-refractivity contribution in [1.82, 2.24) is 4.90 Å². The first-order chi connectivity index (χ1) is 16.5. The highest BCUT2D eigenvalue weighted by Crippen LogP contribution is 2.65. The molecule has 8 aliphatic rings. The van der Waals surface area contributed by atoms with Crippen LogP contribution in [0.3, 0.4) is 0 Å². The van der Waals surface area contributed by atoms with Crippen LogP contribution in [0.4, 0.5) is 0 Å². The first kappa shape index (κ1) is 19.8. The van der Waals surface area contributed by atoms with Crippen molar-refractivity contribution < 1.29 is 14.7 Å². The minimum Gasteiger partial charge on any atom is -0.395 e. The van der Waals surface area contributed by atoms with Gasteiger partial charge >= 0.3 is 0 Å². The molecule has 4 heteroatoms. The van der Waals surface area contributed by atoms with Gasteiger partial charge in [0, 0.05) is 12.5 Å². The van der Waals surface area contributed by atoms with E-state index in [1.807, 2.05) is 24.3 Å². The van der Waals surface area contributed by atoms with Gasteiger partial charge in [0.1, 0.15) is 0 Å². The molecule has 6 bridgehead atoms. The molecular formula is C30H31NO3. The van der Waals surface area contributed by atoms with E-state index in [4.69, 9.17) is 0 Å². The first-order valence-corrected chi connectivity index (χ1v) is 13.2. The maximum Gasteiger partial charge on any atom is 0.234 e. The third kappa shape index (κ3) is 2.20. The highest BCUT2D eigenvalue weighted by molar-refractivity contribution is 6.08. The lowest BCUT2D eigenvalue weighted by Crippen LogP contribution is -2.55. The lowest BCUT2D eigenvalue weighted by atomic mass is 9.47. The molecule has 174 valence electrons. The lowest BCUT2D eigenvalue weighted by molar-refractivity contribution is -0.146. The highest BCUT2D eigenvalue weighted by Gasteiger charge is 2.68. The van der Waals surface area contributed by atoms with Gasteiger partial charge < -0.3 is 5.11 Å². The summed E-state index contributed by atoms with van der Waals surface area (Å²) in [5, 5.41) is 11.0. The van der Waals surface area contributed by atoms with Gasteiger partial charge in [-0.3, -0.25) is 14.5 Å². The molecule has 34 heavy (non-hydrogen) atoms. The summed E-state index contributed by atoms with van der Waals surface area (Å²) in [4.78, 5) is 30.1. The number of carbonyl (C=O) groups is 2. The average molecular weight is 454 g/mol. The van der Waals surface area contributed by atoms with Gasteiger partial charge in [-0.05, 0) is 83.9 Å². The van der Waals surface area contributed by atoms with Gasteiger partial charge in [0.2, 0.25) is 11.8 Å². The summed E-state index contributed by atoms with van der Waals surface area (Å²) in [7, 11) is 0. The number of amides is 2. The van der Waals surface area contributed by atoms with E-state index >= 15 is 0 Å². The zero-order valence-corrected chi connectivity index (χ0v) is 19.5. The van der Waals surface area contributed by atoms with Crippen molar-refractivity contribution in [2.75, 3.05) is 13.2 Å². The number of likely N-dealkylation sites (tertiary alicyclic amines) is 1. The predicted molar refractivity (Wildman–Crippen MR) is 127 cm³/mol. The number of hydrogen-bond acceptors (Lipinski definition) is 3. The Morgan fingerprint density at radius 1 is 0.794 bits per heavy atom. The summed E-state index contributed by atoms with van der Waals surface area (Å²) in [5.41, 5.74) is 3.61. The fourth-order valence-corrected chi connectivity index (χ4v) is 10.2. The van der Waals surface area contributed by atoms with E-state index < -0.39 is 17.3 Å². The summed E-state index contributed by atoms with van der Waals surface area (Å²) >= 11 is 0. The van der Waals surface area contributed by atoms with Crippen molar-refractivity contribution in [2.24, 2.45) is 35.0 Å². The van der Waals surface area contributed by atoms with E-state index in [2.05, 4.69) is 24.3 Å². The van der Waals surface area contributed by atoms with Crippen molar-refractivity contribution in [3.05, 3.63) is 70.8 Å². The van der Waals surface area contributed by atoms with Crippen LogP contribution in [0.1, 0.15) is 66.7 Å². The van der Waals surface area contributed by atoms with Gasteiger partial charge in [0.25, 0.3) is 0 Å². The Balaban J connectivity index is 1.26. The fourth-order valence-electron chi connectivity index (χ4n) is 10.2. The minimum atomic E-state index is -0.838. The van der Waals surface area contributed by atoms with Crippen LogP contribution in [0.2, 0.25) is 0 Å². The maximum atomic E-state index is 14.2. The van der Waals surface area contributed by atoms with Gasteiger partial charge in [-0.2, -0.15) is 0 Å². The largest absolute Gasteiger partial charge is 0.395 e. The molecule has 2 amide bonds. The second kappa shape index (κ2) is 6.40. The van der Waals surface area contributed by atoms with Crippen LogP contribution < -0.4 is 0 Å². The fraction of sp³-hybridized carbons (Fsp3) is 0.533. The molecule has 10 rings (SSSR count). The monoisotopic (exact) mass is 453 g/mol. The first-order valence-electron chi connectivity index (χ1n) is 13.2. The van der Waals surface area contributed by atoms with Crippen LogP contribution >= 0.6 is 0 Å². The molecule has 7 aliphatic carbocycles. The van der Waals surface area contributed by atoms with E-state index in [9.17, 15) is 14.7 Å². The Morgan fingerprint density at radius 2 is 1.32 bits per heavy atom. The molecule has 1 aliphatic heterocycles. The summed E-state index contributed by atoms with van der Waals surface area (Å²) in [5.74, 6) is 1.32. The molecular weight excluding hydrogens is 422 g/mol. The molecule has 1 heterocycles. The van der Waals surface area contributed by atoms with Gasteiger partial charge in [0.15, 0.2) is 0 Å². The molecule has 4 saturated carbocycles. The Bertz CT molecular complexity index is 1160. The van der Waals surface area contributed by atoms with Gasteiger partial charge in [-0.1, -0.05) is 48.5 Å². The summed E-state index contributed by atoms with van der Waals surface area (Å²) in [6, 6.07) is 16.4. The number of carbonyl (C=O) groups excluding carboxylic acids is 2. The molecule has 2 aromatic carbocycles. The molecule has 0 unspecified atom stereocenters. The van der Waals surface area contributed by atoms with Crippen molar-refractivity contribution in [1.29, 1.82) is 0 Å². The third-order valence-electron chi connectivity index (χ3n) is 10.8. The minimum absolute atomic E-state index is 0.0116. The molecule has 4 nitrogen and oxygen atoms in total. The van der Waals surface area contributed by atoms with Crippen LogP contribution in [-0.4, -0.2) is 35.0 Å². The molecule has 0 spiro atoms. The lowest BCUT2D eigenvalue weighted by Gasteiger charge is -2.57. The van der Waals surface area contributed by atoms with Gasteiger partial charge in [-0.25, -0.2) is 0 Å². The van der Waals surface area contributed by atoms with Gasteiger partial charge in [-0.15, -0.1) is 0 Å². The number of imide groups is 1. The smallest absolute Gasteiger partial charge is 0.234 e. The molecule has 5 fully saturated rings. The van der Waals surface area contributed by atoms with Crippen LogP contribution in [0.25, 0.3) is 0 Å². The maximum absolute atomic E-state index is 14.2. The topological polar surface area (TPSA) is 57.6 Å². The molecule has 1 N–H and O–H groups in total. The Morgan fingerprint density at radius 3 is 1.85 bits per heavy atom. The normalized spacial score (nSPS) is 42.7. The predicted octanol–water partition coefficient (Wildman–Crippen LogP) is 4.24. The number of benzene rings is 2.